The van der Waals surface area contributed by atoms with Crippen molar-refractivity contribution in [2.75, 3.05) is 13.6 Å². The fourth-order valence-electron chi connectivity index (χ4n) is 3.01. The molecule has 18 heavy (non-hydrogen) atoms. The van der Waals surface area contributed by atoms with E-state index in [-0.39, 0.29) is 5.91 Å². The maximum Gasteiger partial charge on any atom is 0.240 e. The van der Waals surface area contributed by atoms with Crippen LogP contribution in [0.2, 0.25) is 0 Å². The molecule has 1 aliphatic carbocycles. The van der Waals surface area contributed by atoms with Crippen molar-refractivity contribution in [3.05, 3.63) is 0 Å². The summed E-state index contributed by atoms with van der Waals surface area (Å²) in [6.45, 7) is 6.94. The van der Waals surface area contributed by atoms with Crippen molar-refractivity contribution < 1.29 is 4.79 Å². The summed E-state index contributed by atoms with van der Waals surface area (Å²) in [6, 6.07) is 0.623. The van der Waals surface area contributed by atoms with E-state index in [1.54, 1.807) is 0 Å². The number of nitrogens with two attached hydrogens (primary N) is 1. The maximum atomic E-state index is 11.7. The van der Waals surface area contributed by atoms with Crippen LogP contribution in [-0.4, -0.2) is 30.4 Å². The minimum Gasteiger partial charge on any atom is -0.302 e. The summed E-state index contributed by atoms with van der Waals surface area (Å²) in [5.41, 5.74) is 1.84. The van der Waals surface area contributed by atoms with Gasteiger partial charge in [0.15, 0.2) is 0 Å². The molecule has 1 amide bonds. The summed E-state index contributed by atoms with van der Waals surface area (Å²) in [7, 11) is 2.13. The number of nitrogens with zero attached hydrogens (tertiary/aromatic N) is 1. The molecule has 0 bridgehead atoms. The molecule has 0 heterocycles. The Morgan fingerprint density at radius 1 is 1.33 bits per heavy atom. The molecule has 1 fully saturated rings. The predicted molar refractivity (Wildman–Crippen MR) is 74.8 cm³/mol. The summed E-state index contributed by atoms with van der Waals surface area (Å²) < 4.78 is 0. The molecular formula is C14H29N3O. The van der Waals surface area contributed by atoms with E-state index in [0.29, 0.717) is 6.04 Å². The van der Waals surface area contributed by atoms with Gasteiger partial charge in [0, 0.05) is 12.6 Å². The van der Waals surface area contributed by atoms with Crippen LogP contribution in [0.25, 0.3) is 0 Å². The number of nitrogens with one attached hydrogen (secondary N) is 1. The Hall–Kier alpha value is -0.610. The van der Waals surface area contributed by atoms with Crippen LogP contribution < -0.4 is 11.3 Å². The lowest BCUT2D eigenvalue weighted by atomic mass is 9.83. The van der Waals surface area contributed by atoms with E-state index in [1.165, 1.54) is 32.1 Å². The van der Waals surface area contributed by atoms with E-state index in [4.69, 9.17) is 5.84 Å². The highest BCUT2D eigenvalue weighted by atomic mass is 16.2. The summed E-state index contributed by atoms with van der Waals surface area (Å²) in [6.07, 6.45) is 6.48. The molecule has 0 aromatic rings. The number of amides is 1. The molecule has 4 heteroatoms. The SMILES string of the molecule is CCC1CCC(N(C)CC(C)(C)C(=O)NN)CC1. The zero-order chi connectivity index (χ0) is 13.8. The predicted octanol–water partition coefficient (Wildman–Crippen LogP) is 1.90. The number of hydrogen-bond acceptors (Lipinski definition) is 3. The molecule has 0 saturated heterocycles. The van der Waals surface area contributed by atoms with Gasteiger partial charge in [-0.25, -0.2) is 5.84 Å². The standard InChI is InChI=1S/C14H29N3O/c1-5-11-6-8-12(9-7-11)17(4)10-14(2,3)13(18)16-15/h11-12H,5-10,15H2,1-4H3,(H,16,18). The maximum absolute atomic E-state index is 11.7. The summed E-state index contributed by atoms with van der Waals surface area (Å²) in [4.78, 5) is 14.0. The normalized spacial score (nSPS) is 25.2. The quantitative estimate of drug-likeness (QED) is 0.448. The third-order valence-electron chi connectivity index (χ3n) is 4.41. The molecule has 106 valence electrons. The minimum absolute atomic E-state index is 0.0865. The molecule has 1 saturated carbocycles. The lowest BCUT2D eigenvalue weighted by Crippen LogP contribution is -2.49. The van der Waals surface area contributed by atoms with Crippen LogP contribution in [0.5, 0.6) is 0 Å². The van der Waals surface area contributed by atoms with Gasteiger partial charge in [-0.05, 0) is 52.5 Å². The highest BCUT2D eigenvalue weighted by Gasteiger charge is 2.32. The second kappa shape index (κ2) is 6.53. The molecule has 0 unspecified atom stereocenters. The van der Waals surface area contributed by atoms with Gasteiger partial charge in [-0.1, -0.05) is 13.3 Å². The van der Waals surface area contributed by atoms with Gasteiger partial charge < -0.3 is 4.90 Å². The van der Waals surface area contributed by atoms with E-state index < -0.39 is 5.41 Å². The van der Waals surface area contributed by atoms with Gasteiger partial charge in [0.2, 0.25) is 5.91 Å². The summed E-state index contributed by atoms with van der Waals surface area (Å²) in [5.74, 6) is 6.06. The molecule has 0 aliphatic heterocycles. The number of rotatable bonds is 5. The van der Waals surface area contributed by atoms with Crippen molar-refractivity contribution in [2.24, 2.45) is 17.2 Å². The van der Waals surface area contributed by atoms with Crippen molar-refractivity contribution in [1.82, 2.24) is 10.3 Å². The van der Waals surface area contributed by atoms with Gasteiger partial charge in [-0.2, -0.15) is 0 Å². The van der Waals surface area contributed by atoms with Crippen molar-refractivity contribution in [3.8, 4) is 0 Å². The zero-order valence-corrected chi connectivity index (χ0v) is 12.3. The molecule has 0 aromatic carbocycles. The number of hydrazine groups is 1. The van der Waals surface area contributed by atoms with Gasteiger partial charge >= 0.3 is 0 Å². The fourth-order valence-corrected chi connectivity index (χ4v) is 3.01. The molecule has 0 spiro atoms. The molecule has 3 N–H and O–H groups in total. The average Bonchev–Trinajstić information content (AvgIpc) is 2.37. The van der Waals surface area contributed by atoms with E-state index in [0.717, 1.165) is 12.5 Å². The van der Waals surface area contributed by atoms with Gasteiger partial charge in [-0.3, -0.25) is 10.2 Å². The Balaban J connectivity index is 2.46. The minimum atomic E-state index is -0.425. The Morgan fingerprint density at radius 2 is 1.89 bits per heavy atom. The summed E-state index contributed by atoms with van der Waals surface area (Å²) in [5, 5.41) is 0. The van der Waals surface area contributed by atoms with Crippen molar-refractivity contribution in [3.63, 3.8) is 0 Å². The number of carbonyl (C=O) groups excluding carboxylic acids is 1. The average molecular weight is 255 g/mol. The molecule has 1 aliphatic rings. The third kappa shape index (κ3) is 3.95. The van der Waals surface area contributed by atoms with Crippen molar-refractivity contribution in [2.45, 2.75) is 58.9 Å². The Labute approximate surface area is 111 Å². The Kier molecular flexibility index (Phi) is 5.60. The van der Waals surface area contributed by atoms with Crippen molar-refractivity contribution in [1.29, 1.82) is 0 Å². The van der Waals surface area contributed by atoms with Gasteiger partial charge in [-0.15, -0.1) is 0 Å². The molecule has 4 nitrogen and oxygen atoms in total. The first-order chi connectivity index (χ1) is 8.40. The lowest BCUT2D eigenvalue weighted by molar-refractivity contribution is -0.130. The molecule has 1 rings (SSSR count). The van der Waals surface area contributed by atoms with Gasteiger partial charge in [0.1, 0.15) is 0 Å². The number of hydrogen-bond donors (Lipinski definition) is 2. The molecular weight excluding hydrogens is 226 g/mol. The van der Waals surface area contributed by atoms with E-state index in [2.05, 4.69) is 24.3 Å². The number of carbonyl (C=O) groups is 1. The largest absolute Gasteiger partial charge is 0.302 e. The first-order valence-corrected chi connectivity index (χ1v) is 7.12. The second-order valence-electron chi connectivity index (χ2n) is 6.36. The fraction of sp³-hybridized carbons (Fsp3) is 0.929. The smallest absolute Gasteiger partial charge is 0.240 e. The van der Waals surface area contributed by atoms with Crippen LogP contribution >= 0.6 is 0 Å². The van der Waals surface area contributed by atoms with Crippen LogP contribution in [0, 0.1) is 11.3 Å². The van der Waals surface area contributed by atoms with Crippen LogP contribution in [0.4, 0.5) is 0 Å². The Morgan fingerprint density at radius 3 is 2.33 bits per heavy atom. The van der Waals surface area contributed by atoms with E-state index >= 15 is 0 Å². The summed E-state index contributed by atoms with van der Waals surface area (Å²) >= 11 is 0. The molecule has 0 atom stereocenters. The highest BCUT2D eigenvalue weighted by molar-refractivity contribution is 5.81. The van der Waals surface area contributed by atoms with Crippen LogP contribution in [0.1, 0.15) is 52.9 Å². The molecule has 0 radical (unpaired) electrons. The van der Waals surface area contributed by atoms with Crippen LogP contribution in [0.15, 0.2) is 0 Å². The van der Waals surface area contributed by atoms with Gasteiger partial charge in [0.25, 0.3) is 0 Å². The molecule has 0 aromatic heterocycles. The zero-order valence-electron chi connectivity index (χ0n) is 12.3. The first kappa shape index (κ1) is 15.4. The highest BCUT2D eigenvalue weighted by Crippen LogP contribution is 2.30. The van der Waals surface area contributed by atoms with E-state index in [1.807, 2.05) is 13.8 Å². The van der Waals surface area contributed by atoms with Crippen molar-refractivity contribution >= 4 is 5.91 Å². The van der Waals surface area contributed by atoms with Gasteiger partial charge in [0.05, 0.1) is 5.41 Å². The monoisotopic (exact) mass is 255 g/mol. The van der Waals surface area contributed by atoms with Crippen LogP contribution in [-0.2, 0) is 4.79 Å². The van der Waals surface area contributed by atoms with Crippen LogP contribution in [0.3, 0.4) is 0 Å². The topological polar surface area (TPSA) is 58.4 Å². The van der Waals surface area contributed by atoms with E-state index in [9.17, 15) is 4.79 Å². The Bertz CT molecular complexity index is 270. The lowest BCUT2D eigenvalue weighted by Gasteiger charge is -2.38. The third-order valence-corrected chi connectivity index (χ3v) is 4.41. The second-order valence-corrected chi connectivity index (χ2v) is 6.36. The first-order valence-electron chi connectivity index (χ1n) is 7.12.